The van der Waals surface area contributed by atoms with E-state index in [1.54, 1.807) is 37.2 Å². The van der Waals surface area contributed by atoms with Gasteiger partial charge in [-0.3, -0.25) is 4.57 Å². The third kappa shape index (κ3) is 2.51. The van der Waals surface area contributed by atoms with Crippen molar-refractivity contribution in [1.29, 1.82) is 0 Å². The third-order valence-electron chi connectivity index (χ3n) is 4.79. The summed E-state index contributed by atoms with van der Waals surface area (Å²) in [4.78, 5) is 38.8. The number of aryl methyl sites for hydroxylation is 1. The minimum atomic E-state index is -0.612. The number of amides is 3. The van der Waals surface area contributed by atoms with Gasteiger partial charge >= 0.3 is 17.9 Å². The van der Waals surface area contributed by atoms with Crippen LogP contribution in [0.25, 0.3) is 11.1 Å². The average molecular weight is 346 g/mol. The van der Waals surface area contributed by atoms with E-state index < -0.39 is 11.4 Å². The van der Waals surface area contributed by atoms with Crippen LogP contribution in [0.4, 0.5) is 15.3 Å². The highest BCUT2D eigenvalue weighted by Crippen LogP contribution is 2.32. The van der Waals surface area contributed by atoms with Crippen LogP contribution in [0.2, 0.25) is 0 Å². The number of benzene rings is 1. The summed E-state index contributed by atoms with van der Waals surface area (Å²) < 4.78 is 12.0. The Hall–Kier alpha value is -2.97. The van der Waals surface area contributed by atoms with Gasteiger partial charge in [0.15, 0.2) is 11.2 Å². The molecule has 3 amide bonds. The van der Waals surface area contributed by atoms with Crippen LogP contribution in [0.5, 0.6) is 0 Å². The number of rotatable bonds is 1. The Kier molecular flexibility index (Phi) is 3.28. The molecule has 0 bridgehead atoms. The number of carbonyl (C=O) groups excluding carboxylic acids is 2. The molecule has 2 saturated heterocycles. The number of hydrogen-bond acceptors (Lipinski definition) is 5. The maximum absolute atomic E-state index is 12.5. The largest absolute Gasteiger partial charge is 0.439 e. The number of hydrogen-bond donors (Lipinski definition) is 1. The smallest absolute Gasteiger partial charge is 0.419 e. The lowest BCUT2D eigenvalue weighted by Crippen LogP contribution is -2.40. The van der Waals surface area contributed by atoms with Gasteiger partial charge < -0.3 is 24.3 Å². The Morgan fingerprint density at radius 2 is 2.04 bits per heavy atom. The number of carbonyl (C=O) groups is 2. The number of aromatic nitrogens is 1. The first-order valence-corrected chi connectivity index (χ1v) is 7.97. The van der Waals surface area contributed by atoms with Crippen LogP contribution >= 0.6 is 0 Å². The highest BCUT2D eigenvalue weighted by atomic mass is 16.6. The Morgan fingerprint density at radius 3 is 2.76 bits per heavy atom. The van der Waals surface area contributed by atoms with Crippen LogP contribution in [0.1, 0.15) is 6.42 Å². The molecule has 0 radical (unpaired) electrons. The molecular formula is C16H18N4O5. The monoisotopic (exact) mass is 346 g/mol. The van der Waals surface area contributed by atoms with Crippen LogP contribution in [0, 0.1) is 0 Å². The fourth-order valence-corrected chi connectivity index (χ4v) is 3.44. The Bertz CT molecular complexity index is 932. The third-order valence-corrected chi connectivity index (χ3v) is 4.79. The van der Waals surface area contributed by atoms with Gasteiger partial charge in [0.1, 0.15) is 0 Å². The molecule has 0 aliphatic carbocycles. The number of oxazole rings is 1. The molecule has 0 unspecified atom stereocenters. The molecule has 1 N–H and O–H groups in total. The van der Waals surface area contributed by atoms with Gasteiger partial charge in [0, 0.05) is 38.8 Å². The van der Waals surface area contributed by atoms with Crippen molar-refractivity contribution in [3.05, 3.63) is 28.7 Å². The predicted molar refractivity (Wildman–Crippen MR) is 88.5 cm³/mol. The molecule has 2 aliphatic heterocycles. The van der Waals surface area contributed by atoms with E-state index >= 15 is 0 Å². The molecule has 1 aromatic carbocycles. The summed E-state index contributed by atoms with van der Waals surface area (Å²) in [5, 5.41) is 2.80. The number of likely N-dealkylation sites (tertiary alicyclic amines) is 1. The summed E-state index contributed by atoms with van der Waals surface area (Å²) in [7, 11) is 3.30. The molecule has 9 nitrogen and oxygen atoms in total. The first-order valence-electron chi connectivity index (χ1n) is 7.97. The number of nitrogens with zero attached hydrogens (tertiary/aromatic N) is 3. The second-order valence-corrected chi connectivity index (χ2v) is 6.62. The molecule has 25 heavy (non-hydrogen) atoms. The molecule has 2 aliphatic rings. The Labute approximate surface area is 142 Å². The van der Waals surface area contributed by atoms with E-state index in [4.69, 9.17) is 9.15 Å². The molecular weight excluding hydrogens is 328 g/mol. The van der Waals surface area contributed by atoms with Gasteiger partial charge in [0.05, 0.1) is 18.6 Å². The van der Waals surface area contributed by atoms with Crippen molar-refractivity contribution in [1.82, 2.24) is 14.4 Å². The first kappa shape index (κ1) is 15.6. The van der Waals surface area contributed by atoms with Gasteiger partial charge in [-0.2, -0.15) is 0 Å². The minimum Gasteiger partial charge on any atom is -0.439 e. The number of nitrogens with one attached hydrogen (secondary N) is 1. The van der Waals surface area contributed by atoms with E-state index in [2.05, 4.69) is 5.32 Å². The summed E-state index contributed by atoms with van der Waals surface area (Å²) in [6.45, 7) is 1.35. The van der Waals surface area contributed by atoms with Crippen molar-refractivity contribution >= 4 is 28.9 Å². The molecule has 132 valence electrons. The number of likely N-dealkylation sites (N-methyl/N-ethyl adjacent to an activating group) is 1. The van der Waals surface area contributed by atoms with Gasteiger partial charge in [-0.15, -0.1) is 0 Å². The summed E-state index contributed by atoms with van der Waals surface area (Å²) >= 11 is 0. The minimum absolute atomic E-state index is 0.278. The lowest BCUT2D eigenvalue weighted by Gasteiger charge is -2.22. The van der Waals surface area contributed by atoms with Crippen LogP contribution in [0.15, 0.2) is 27.4 Å². The second kappa shape index (κ2) is 5.27. The standard InChI is InChI=1S/C16H18N4O5/c1-18-8-16(25-14(18)22)5-6-20(9-16)13(21)17-10-3-4-11-12(7-10)24-15(23)19(11)2/h3-4,7H,5-6,8-9H2,1-2H3,(H,17,21)/t16-/m0/s1. The maximum atomic E-state index is 12.5. The molecule has 1 spiro atoms. The zero-order valence-corrected chi connectivity index (χ0v) is 13.9. The fourth-order valence-electron chi connectivity index (χ4n) is 3.44. The molecule has 3 heterocycles. The topological polar surface area (TPSA) is 97.0 Å². The van der Waals surface area contributed by atoms with Crippen molar-refractivity contribution in [3.63, 3.8) is 0 Å². The van der Waals surface area contributed by atoms with E-state index in [1.807, 2.05) is 0 Å². The van der Waals surface area contributed by atoms with Crippen molar-refractivity contribution in [2.24, 2.45) is 7.05 Å². The zero-order chi connectivity index (χ0) is 17.8. The fraction of sp³-hybridized carbons (Fsp3) is 0.438. The first-order chi connectivity index (χ1) is 11.9. The van der Waals surface area contributed by atoms with Crippen LogP contribution in [-0.2, 0) is 11.8 Å². The summed E-state index contributed by atoms with van der Waals surface area (Å²) in [5.74, 6) is -0.452. The number of urea groups is 1. The number of fused-ring (bicyclic) bond motifs is 1. The van der Waals surface area contributed by atoms with E-state index in [1.165, 1.54) is 9.47 Å². The highest BCUT2D eigenvalue weighted by Gasteiger charge is 2.49. The molecule has 2 aromatic rings. The molecule has 9 heteroatoms. The summed E-state index contributed by atoms with van der Waals surface area (Å²) in [5.41, 5.74) is 0.992. The van der Waals surface area contributed by atoms with Crippen molar-refractivity contribution in [3.8, 4) is 0 Å². The lowest BCUT2D eigenvalue weighted by molar-refractivity contribution is 0.0663. The molecule has 1 aromatic heterocycles. The van der Waals surface area contributed by atoms with Gasteiger partial charge in [-0.1, -0.05) is 0 Å². The van der Waals surface area contributed by atoms with E-state index in [-0.39, 0.29) is 12.1 Å². The van der Waals surface area contributed by atoms with Gasteiger partial charge in [-0.05, 0) is 12.1 Å². The van der Waals surface area contributed by atoms with Crippen molar-refractivity contribution < 1.29 is 18.7 Å². The van der Waals surface area contributed by atoms with E-state index in [0.29, 0.717) is 42.8 Å². The lowest BCUT2D eigenvalue weighted by atomic mass is 10.0. The highest BCUT2D eigenvalue weighted by molar-refractivity contribution is 5.92. The van der Waals surface area contributed by atoms with Gasteiger partial charge in [-0.25, -0.2) is 14.4 Å². The average Bonchev–Trinajstić information content (AvgIpc) is 3.18. The van der Waals surface area contributed by atoms with E-state index in [9.17, 15) is 14.4 Å². The Balaban J connectivity index is 1.48. The molecule has 4 rings (SSSR count). The van der Waals surface area contributed by atoms with Crippen LogP contribution in [-0.4, -0.2) is 58.8 Å². The van der Waals surface area contributed by atoms with Gasteiger partial charge in [0.25, 0.3) is 0 Å². The normalized spacial score (nSPS) is 22.9. The SMILES string of the molecule is CN1C[C@]2(CCN(C(=O)Nc3ccc4c(c3)oc(=O)n4C)C2)OC1=O. The number of anilines is 1. The summed E-state index contributed by atoms with van der Waals surface area (Å²) in [6.07, 6.45) is 0.259. The van der Waals surface area contributed by atoms with Crippen molar-refractivity contribution in [2.45, 2.75) is 12.0 Å². The number of ether oxygens (including phenoxy) is 1. The molecule has 2 fully saturated rings. The zero-order valence-electron chi connectivity index (χ0n) is 13.9. The van der Waals surface area contributed by atoms with Crippen molar-refractivity contribution in [2.75, 3.05) is 32.0 Å². The second-order valence-electron chi connectivity index (χ2n) is 6.62. The quantitative estimate of drug-likeness (QED) is 0.836. The molecule has 0 saturated carbocycles. The van der Waals surface area contributed by atoms with Crippen LogP contribution in [0.3, 0.4) is 0 Å². The van der Waals surface area contributed by atoms with E-state index in [0.717, 1.165) is 0 Å². The molecule has 1 atom stereocenters. The maximum Gasteiger partial charge on any atom is 0.419 e. The Morgan fingerprint density at radius 1 is 1.24 bits per heavy atom. The van der Waals surface area contributed by atoms with Crippen LogP contribution < -0.4 is 11.1 Å². The summed E-state index contributed by atoms with van der Waals surface area (Å²) in [6, 6.07) is 4.77. The van der Waals surface area contributed by atoms with Gasteiger partial charge in [0.2, 0.25) is 0 Å². The predicted octanol–water partition coefficient (Wildman–Crippen LogP) is 1.19.